The Balaban J connectivity index is 1.51. The van der Waals surface area contributed by atoms with Crippen molar-refractivity contribution in [3.8, 4) is 23.2 Å². The molecule has 4 aromatic rings. The Hall–Kier alpha value is -4.45. The average molecular weight is 481 g/mol. The van der Waals surface area contributed by atoms with Crippen molar-refractivity contribution in [3.05, 3.63) is 78.4 Å². The number of primary amides is 1. The Morgan fingerprint density at radius 1 is 1.09 bits per heavy atom. The summed E-state index contributed by atoms with van der Waals surface area (Å²) < 4.78 is 40.4. The predicted molar refractivity (Wildman–Crippen MR) is 123 cm³/mol. The lowest BCUT2D eigenvalue weighted by Crippen LogP contribution is -2.16. The fourth-order valence-electron chi connectivity index (χ4n) is 3.07. The molecule has 0 atom stereocenters. The second-order valence-electron chi connectivity index (χ2n) is 7.02. The van der Waals surface area contributed by atoms with Gasteiger partial charge in [0.05, 0.1) is 17.6 Å². The fourth-order valence-corrected chi connectivity index (χ4v) is 4.16. The topological polar surface area (TPSA) is 151 Å². The molecule has 0 aliphatic carbocycles. The van der Waals surface area contributed by atoms with Crippen molar-refractivity contribution < 1.29 is 22.7 Å². The summed E-state index contributed by atoms with van der Waals surface area (Å²) in [5, 5.41) is 4.14. The number of ether oxygens (including phenoxy) is 2. The van der Waals surface area contributed by atoms with Gasteiger partial charge in [0.1, 0.15) is 17.3 Å². The van der Waals surface area contributed by atoms with E-state index in [1.807, 2.05) is 0 Å². The number of aryl methyl sites for hydroxylation is 1. The minimum Gasteiger partial charge on any atom is -0.496 e. The van der Waals surface area contributed by atoms with Gasteiger partial charge in [0.25, 0.3) is 15.9 Å². The monoisotopic (exact) mass is 480 g/mol. The molecule has 0 aliphatic heterocycles. The molecule has 11 nitrogen and oxygen atoms in total. The first-order chi connectivity index (χ1) is 16.2. The number of methoxy groups -OCH3 is 1. The van der Waals surface area contributed by atoms with E-state index in [0.717, 1.165) is 6.07 Å². The lowest BCUT2D eigenvalue weighted by molar-refractivity contribution is 0.0997. The molecule has 0 saturated heterocycles. The highest BCUT2D eigenvalue weighted by atomic mass is 32.2. The Labute approximate surface area is 195 Å². The van der Waals surface area contributed by atoms with E-state index in [2.05, 4.69) is 19.8 Å². The van der Waals surface area contributed by atoms with Crippen LogP contribution >= 0.6 is 0 Å². The molecule has 1 amide bonds. The predicted octanol–water partition coefficient (Wildman–Crippen LogP) is 2.67. The summed E-state index contributed by atoms with van der Waals surface area (Å²) >= 11 is 0. The lowest BCUT2D eigenvalue weighted by atomic mass is 10.2. The molecule has 4 rings (SSSR count). The SMILES string of the molecule is COc1ccc(S(=O)(=O)Nc2ccc(Oc3cc(-n4cccn4)nc(C)n3)cc2)cc1C(N)=O. The number of carbonyl (C=O) groups is 1. The number of carbonyl (C=O) groups excluding carboxylic acids is 1. The third kappa shape index (κ3) is 4.96. The number of anilines is 1. The number of sulfonamides is 1. The Bertz CT molecular complexity index is 1440. The van der Waals surface area contributed by atoms with Gasteiger partial charge in [0.2, 0.25) is 5.88 Å². The Kier molecular flexibility index (Phi) is 6.15. The van der Waals surface area contributed by atoms with Gasteiger partial charge in [0, 0.05) is 24.1 Å². The van der Waals surface area contributed by atoms with E-state index in [9.17, 15) is 13.2 Å². The van der Waals surface area contributed by atoms with Crippen molar-refractivity contribution in [1.29, 1.82) is 0 Å². The number of hydrogen-bond donors (Lipinski definition) is 2. The van der Waals surface area contributed by atoms with Crippen LogP contribution < -0.4 is 19.9 Å². The third-order valence-electron chi connectivity index (χ3n) is 4.62. The molecular formula is C22H20N6O5S. The number of rotatable bonds is 8. The first-order valence-electron chi connectivity index (χ1n) is 9.89. The van der Waals surface area contributed by atoms with Crippen LogP contribution in [0.1, 0.15) is 16.2 Å². The molecule has 3 N–H and O–H groups in total. The molecule has 2 aromatic carbocycles. The lowest BCUT2D eigenvalue weighted by Gasteiger charge is -2.12. The smallest absolute Gasteiger partial charge is 0.261 e. The molecule has 0 spiro atoms. The number of nitrogens with zero attached hydrogens (tertiary/aromatic N) is 4. The maximum absolute atomic E-state index is 12.8. The van der Waals surface area contributed by atoms with E-state index in [0.29, 0.717) is 29.0 Å². The van der Waals surface area contributed by atoms with E-state index >= 15 is 0 Å². The summed E-state index contributed by atoms with van der Waals surface area (Å²) in [4.78, 5) is 20.1. The van der Waals surface area contributed by atoms with Gasteiger partial charge in [-0.3, -0.25) is 9.52 Å². The van der Waals surface area contributed by atoms with Gasteiger partial charge in [0.15, 0.2) is 5.82 Å². The highest BCUT2D eigenvalue weighted by Gasteiger charge is 2.19. The zero-order chi connectivity index (χ0) is 24.3. The highest BCUT2D eigenvalue weighted by Crippen LogP contribution is 2.26. The van der Waals surface area contributed by atoms with Gasteiger partial charge in [-0.2, -0.15) is 10.1 Å². The molecule has 2 heterocycles. The van der Waals surface area contributed by atoms with Crippen LogP contribution in [0.25, 0.3) is 5.82 Å². The van der Waals surface area contributed by atoms with Crippen LogP contribution in [0.15, 0.2) is 71.9 Å². The Morgan fingerprint density at radius 3 is 2.50 bits per heavy atom. The Morgan fingerprint density at radius 2 is 1.85 bits per heavy atom. The van der Waals surface area contributed by atoms with Crippen LogP contribution in [0.3, 0.4) is 0 Å². The second-order valence-corrected chi connectivity index (χ2v) is 8.70. The van der Waals surface area contributed by atoms with Gasteiger partial charge >= 0.3 is 0 Å². The largest absolute Gasteiger partial charge is 0.496 e. The number of amides is 1. The van der Waals surface area contributed by atoms with Crippen LogP contribution in [-0.2, 0) is 10.0 Å². The zero-order valence-corrected chi connectivity index (χ0v) is 19.0. The fraction of sp³-hybridized carbons (Fsp3) is 0.0909. The van der Waals surface area contributed by atoms with E-state index in [4.69, 9.17) is 15.2 Å². The van der Waals surface area contributed by atoms with E-state index < -0.39 is 15.9 Å². The van der Waals surface area contributed by atoms with Gasteiger partial charge in [-0.25, -0.2) is 18.1 Å². The first kappa shape index (κ1) is 22.7. The molecule has 0 aliphatic rings. The van der Waals surface area contributed by atoms with Crippen molar-refractivity contribution in [3.63, 3.8) is 0 Å². The molecule has 2 aromatic heterocycles. The molecule has 0 saturated carbocycles. The number of nitrogens with one attached hydrogen (secondary N) is 1. The van der Waals surface area contributed by atoms with Crippen LogP contribution in [0.2, 0.25) is 0 Å². The number of hydrogen-bond acceptors (Lipinski definition) is 8. The molecule has 0 fully saturated rings. The summed E-state index contributed by atoms with van der Waals surface area (Å²) in [5.74, 6) is 1.18. The molecule has 12 heteroatoms. The standard InChI is InChI=1S/C22H20N6O5S/c1-14-25-20(28-11-3-10-24-28)13-21(26-14)33-16-6-4-15(5-7-16)27-34(30,31)17-8-9-19(32-2)18(12-17)22(23)29/h3-13,27H,1-2H3,(H2,23,29). The quantitative estimate of drug-likeness (QED) is 0.391. The molecule has 34 heavy (non-hydrogen) atoms. The molecule has 0 radical (unpaired) electrons. The maximum atomic E-state index is 12.8. The van der Waals surface area contributed by atoms with E-state index in [1.54, 1.807) is 48.3 Å². The summed E-state index contributed by atoms with van der Waals surface area (Å²) in [6, 6.07) is 13.5. The van der Waals surface area contributed by atoms with E-state index in [-0.39, 0.29) is 16.2 Å². The minimum atomic E-state index is -3.99. The molecular weight excluding hydrogens is 460 g/mol. The summed E-state index contributed by atoms with van der Waals surface area (Å²) in [6.45, 7) is 1.74. The summed E-state index contributed by atoms with van der Waals surface area (Å²) in [6.07, 6.45) is 3.39. The number of aromatic nitrogens is 4. The highest BCUT2D eigenvalue weighted by molar-refractivity contribution is 7.92. The summed E-state index contributed by atoms with van der Waals surface area (Å²) in [7, 11) is -2.63. The molecule has 0 unspecified atom stereocenters. The van der Waals surface area contributed by atoms with Crippen molar-refractivity contribution in [2.45, 2.75) is 11.8 Å². The van der Waals surface area contributed by atoms with Gasteiger partial charge in [-0.05, 0) is 55.5 Å². The van der Waals surface area contributed by atoms with Gasteiger partial charge in [-0.15, -0.1) is 0 Å². The number of nitrogens with two attached hydrogens (primary N) is 1. The van der Waals surface area contributed by atoms with Gasteiger partial charge < -0.3 is 15.2 Å². The molecule has 0 bridgehead atoms. The maximum Gasteiger partial charge on any atom is 0.261 e. The number of benzene rings is 2. The van der Waals surface area contributed by atoms with Gasteiger partial charge in [-0.1, -0.05) is 0 Å². The third-order valence-corrected chi connectivity index (χ3v) is 5.99. The minimum absolute atomic E-state index is 0.0382. The van der Waals surface area contributed by atoms with Crippen molar-refractivity contribution in [2.24, 2.45) is 5.73 Å². The molecule has 174 valence electrons. The normalized spacial score (nSPS) is 11.1. The van der Waals surface area contributed by atoms with Crippen LogP contribution in [0.5, 0.6) is 17.4 Å². The van der Waals surface area contributed by atoms with E-state index in [1.165, 1.54) is 31.4 Å². The van der Waals surface area contributed by atoms with Crippen molar-refractivity contribution in [2.75, 3.05) is 11.8 Å². The van der Waals surface area contributed by atoms with Crippen molar-refractivity contribution >= 4 is 21.6 Å². The summed E-state index contributed by atoms with van der Waals surface area (Å²) in [5.41, 5.74) is 5.57. The second kappa shape index (κ2) is 9.19. The first-order valence-corrected chi connectivity index (χ1v) is 11.4. The van der Waals surface area contributed by atoms with Crippen LogP contribution in [0.4, 0.5) is 5.69 Å². The van der Waals surface area contributed by atoms with Crippen LogP contribution in [0, 0.1) is 6.92 Å². The van der Waals surface area contributed by atoms with Crippen LogP contribution in [-0.4, -0.2) is 41.2 Å². The average Bonchev–Trinajstić information content (AvgIpc) is 3.34. The zero-order valence-electron chi connectivity index (χ0n) is 18.2. The van der Waals surface area contributed by atoms with Crippen molar-refractivity contribution in [1.82, 2.24) is 19.7 Å².